The summed E-state index contributed by atoms with van der Waals surface area (Å²) in [5.74, 6) is -0.0759. The summed E-state index contributed by atoms with van der Waals surface area (Å²) in [5.41, 5.74) is 1.77. The molecule has 7 nitrogen and oxygen atoms in total. The van der Waals surface area contributed by atoms with E-state index in [4.69, 9.17) is 9.15 Å². The zero-order valence-corrected chi connectivity index (χ0v) is 13.9. The van der Waals surface area contributed by atoms with Crippen molar-refractivity contribution in [2.45, 2.75) is 13.5 Å². The van der Waals surface area contributed by atoms with Gasteiger partial charge in [0, 0.05) is 23.0 Å². The first-order valence-corrected chi connectivity index (χ1v) is 7.81. The molecule has 0 unspecified atom stereocenters. The fourth-order valence-corrected chi connectivity index (χ4v) is 2.55. The Morgan fingerprint density at radius 1 is 1.28 bits per heavy atom. The Bertz CT molecular complexity index is 909. The van der Waals surface area contributed by atoms with Gasteiger partial charge < -0.3 is 24.2 Å². The molecule has 3 aromatic rings. The van der Waals surface area contributed by atoms with Crippen LogP contribution in [0.5, 0.6) is 5.75 Å². The zero-order chi connectivity index (χ0) is 17.8. The minimum Gasteiger partial charge on any atom is -0.493 e. The van der Waals surface area contributed by atoms with E-state index in [0.717, 1.165) is 16.7 Å². The molecule has 0 aliphatic rings. The number of carbonyl (C=O) groups excluding carboxylic acids is 2. The van der Waals surface area contributed by atoms with Gasteiger partial charge in [-0.1, -0.05) is 6.07 Å². The van der Waals surface area contributed by atoms with Crippen LogP contribution < -0.4 is 10.1 Å². The Balaban J connectivity index is 1.76. The smallest absolute Gasteiger partial charge is 0.374 e. The van der Waals surface area contributed by atoms with Crippen molar-refractivity contribution < 1.29 is 23.5 Å². The van der Waals surface area contributed by atoms with Crippen molar-refractivity contribution in [3.05, 3.63) is 53.6 Å². The summed E-state index contributed by atoms with van der Waals surface area (Å²) in [6.45, 7) is 2.60. The van der Waals surface area contributed by atoms with Crippen LogP contribution in [0.15, 0.2) is 41.0 Å². The van der Waals surface area contributed by atoms with Gasteiger partial charge in [-0.2, -0.15) is 0 Å². The molecule has 3 rings (SSSR count). The number of nitrogens with one attached hydrogen (secondary N) is 2. The molecule has 2 N–H and O–H groups in total. The molecular weight excluding hydrogens is 324 g/mol. The van der Waals surface area contributed by atoms with Gasteiger partial charge in [0.2, 0.25) is 5.76 Å². The number of aromatic nitrogens is 1. The van der Waals surface area contributed by atoms with Crippen LogP contribution in [0.25, 0.3) is 10.9 Å². The van der Waals surface area contributed by atoms with Gasteiger partial charge in [0.25, 0.3) is 5.91 Å². The van der Waals surface area contributed by atoms with Crippen molar-refractivity contribution in [3.63, 3.8) is 0 Å². The molecule has 0 aliphatic carbocycles. The monoisotopic (exact) mass is 342 g/mol. The first-order valence-electron chi connectivity index (χ1n) is 7.81. The number of carbonyl (C=O) groups is 2. The SMILES string of the molecule is CCOc1cccc2[nH]c(C(=O)NCc3ccoc3C(=O)OC)cc12. The highest BCUT2D eigenvalue weighted by atomic mass is 16.5. The average molecular weight is 342 g/mol. The Hall–Kier alpha value is -3.22. The highest BCUT2D eigenvalue weighted by Crippen LogP contribution is 2.26. The minimum atomic E-state index is -0.582. The van der Waals surface area contributed by atoms with E-state index < -0.39 is 5.97 Å². The average Bonchev–Trinajstić information content (AvgIpc) is 3.26. The maximum absolute atomic E-state index is 12.4. The zero-order valence-electron chi connectivity index (χ0n) is 13.9. The summed E-state index contributed by atoms with van der Waals surface area (Å²) in [5, 5.41) is 3.60. The van der Waals surface area contributed by atoms with Crippen molar-refractivity contribution in [1.29, 1.82) is 0 Å². The summed E-state index contributed by atoms with van der Waals surface area (Å²) < 4.78 is 15.3. The Morgan fingerprint density at radius 3 is 2.88 bits per heavy atom. The number of amides is 1. The molecule has 0 saturated carbocycles. The van der Waals surface area contributed by atoms with E-state index in [-0.39, 0.29) is 18.2 Å². The summed E-state index contributed by atoms with van der Waals surface area (Å²) in [7, 11) is 1.27. The van der Waals surface area contributed by atoms with Gasteiger partial charge in [0.05, 0.1) is 20.0 Å². The lowest BCUT2D eigenvalue weighted by atomic mass is 10.2. The van der Waals surface area contributed by atoms with Crippen molar-refractivity contribution >= 4 is 22.8 Å². The Morgan fingerprint density at radius 2 is 2.12 bits per heavy atom. The van der Waals surface area contributed by atoms with Crippen molar-refractivity contribution in [1.82, 2.24) is 10.3 Å². The van der Waals surface area contributed by atoms with E-state index in [1.54, 1.807) is 12.1 Å². The van der Waals surface area contributed by atoms with Crippen LogP contribution in [0.2, 0.25) is 0 Å². The van der Waals surface area contributed by atoms with Crippen LogP contribution in [0, 0.1) is 0 Å². The number of rotatable bonds is 6. The van der Waals surface area contributed by atoms with Crippen molar-refractivity contribution in [2.24, 2.45) is 0 Å². The first-order chi connectivity index (χ1) is 12.1. The summed E-state index contributed by atoms with van der Waals surface area (Å²) in [6, 6.07) is 8.95. The molecule has 2 heterocycles. The van der Waals surface area contributed by atoms with E-state index in [9.17, 15) is 9.59 Å². The molecule has 7 heteroatoms. The molecule has 1 aromatic carbocycles. The molecule has 2 aromatic heterocycles. The normalized spacial score (nSPS) is 10.6. The van der Waals surface area contributed by atoms with E-state index in [2.05, 4.69) is 15.0 Å². The number of H-pyrrole nitrogens is 1. The molecule has 0 radical (unpaired) electrons. The topological polar surface area (TPSA) is 93.6 Å². The number of fused-ring (bicyclic) bond motifs is 1. The Labute approximate surface area is 143 Å². The lowest BCUT2D eigenvalue weighted by molar-refractivity contribution is 0.0562. The predicted molar refractivity (Wildman–Crippen MR) is 90.7 cm³/mol. The molecule has 130 valence electrons. The summed E-state index contributed by atoms with van der Waals surface area (Å²) in [4.78, 5) is 27.0. The van der Waals surface area contributed by atoms with Gasteiger partial charge in [-0.15, -0.1) is 0 Å². The molecule has 0 saturated heterocycles. The van der Waals surface area contributed by atoms with Gasteiger partial charge in [-0.05, 0) is 31.2 Å². The molecule has 1 amide bonds. The highest BCUT2D eigenvalue weighted by Gasteiger charge is 2.17. The van der Waals surface area contributed by atoms with Crippen molar-refractivity contribution in [2.75, 3.05) is 13.7 Å². The van der Waals surface area contributed by atoms with Crippen molar-refractivity contribution in [3.8, 4) is 5.75 Å². The van der Waals surface area contributed by atoms with E-state index in [0.29, 0.717) is 17.9 Å². The van der Waals surface area contributed by atoms with Crippen LogP contribution in [-0.4, -0.2) is 30.6 Å². The maximum atomic E-state index is 12.4. The number of hydrogen-bond acceptors (Lipinski definition) is 5. The first kappa shape index (κ1) is 16.6. The Kier molecular flexibility index (Phi) is 4.74. The van der Waals surface area contributed by atoms with E-state index in [1.807, 2.05) is 25.1 Å². The largest absolute Gasteiger partial charge is 0.493 e. The second-order valence-corrected chi connectivity index (χ2v) is 5.28. The lowest BCUT2D eigenvalue weighted by Crippen LogP contribution is -2.23. The summed E-state index contributed by atoms with van der Waals surface area (Å²) >= 11 is 0. The number of aromatic amines is 1. The van der Waals surface area contributed by atoms with Gasteiger partial charge in [0.1, 0.15) is 11.4 Å². The van der Waals surface area contributed by atoms with E-state index >= 15 is 0 Å². The quantitative estimate of drug-likeness (QED) is 0.672. The van der Waals surface area contributed by atoms with Gasteiger partial charge in [-0.25, -0.2) is 4.79 Å². The lowest BCUT2D eigenvalue weighted by Gasteiger charge is -2.03. The van der Waals surface area contributed by atoms with Crippen LogP contribution in [0.3, 0.4) is 0 Å². The number of ether oxygens (including phenoxy) is 2. The van der Waals surface area contributed by atoms with E-state index in [1.165, 1.54) is 13.4 Å². The molecule has 0 atom stereocenters. The number of furan rings is 1. The molecule has 0 bridgehead atoms. The fourth-order valence-electron chi connectivity index (χ4n) is 2.55. The third-order valence-corrected chi connectivity index (χ3v) is 3.73. The number of hydrogen-bond donors (Lipinski definition) is 2. The predicted octanol–water partition coefficient (Wildman–Crippen LogP) is 2.88. The molecule has 0 fully saturated rings. The van der Waals surface area contributed by atoms with Gasteiger partial charge in [0.15, 0.2) is 0 Å². The third kappa shape index (κ3) is 3.35. The van der Waals surface area contributed by atoms with Gasteiger partial charge in [-0.3, -0.25) is 4.79 Å². The molecule has 0 aliphatic heterocycles. The minimum absolute atomic E-state index is 0.0816. The fraction of sp³-hybridized carbons (Fsp3) is 0.222. The highest BCUT2D eigenvalue weighted by molar-refractivity contribution is 5.99. The van der Waals surface area contributed by atoms with Crippen LogP contribution in [0.1, 0.15) is 33.5 Å². The van der Waals surface area contributed by atoms with Crippen LogP contribution in [-0.2, 0) is 11.3 Å². The van der Waals surface area contributed by atoms with Crippen LogP contribution >= 0.6 is 0 Å². The van der Waals surface area contributed by atoms with Crippen LogP contribution in [0.4, 0.5) is 0 Å². The second-order valence-electron chi connectivity index (χ2n) is 5.28. The number of esters is 1. The molecule has 0 spiro atoms. The maximum Gasteiger partial charge on any atom is 0.374 e. The summed E-state index contributed by atoms with van der Waals surface area (Å²) in [6.07, 6.45) is 1.38. The third-order valence-electron chi connectivity index (χ3n) is 3.73. The number of benzene rings is 1. The molecule has 25 heavy (non-hydrogen) atoms. The van der Waals surface area contributed by atoms with Gasteiger partial charge >= 0.3 is 5.97 Å². The second kappa shape index (κ2) is 7.12. The standard InChI is InChI=1S/C18H18N2O5/c1-3-24-15-6-4-5-13-12(15)9-14(20-13)17(21)19-10-11-7-8-25-16(11)18(22)23-2/h4-9,20H,3,10H2,1-2H3,(H,19,21). The number of methoxy groups -OCH3 is 1. The molecular formula is C18H18N2O5.